The van der Waals surface area contributed by atoms with Crippen LogP contribution in [0.4, 0.5) is 5.69 Å². The molecular formula is C21H25Cl3N2O2. The molecule has 28 heavy (non-hydrogen) atoms. The molecule has 7 heteroatoms. The number of halogens is 3. The summed E-state index contributed by atoms with van der Waals surface area (Å²) in [7, 11) is 3.49. The molecule has 0 aromatic heterocycles. The van der Waals surface area contributed by atoms with E-state index in [0.29, 0.717) is 5.75 Å². The molecular weight excluding hydrogens is 419 g/mol. The van der Waals surface area contributed by atoms with E-state index in [2.05, 4.69) is 11.9 Å². The summed E-state index contributed by atoms with van der Waals surface area (Å²) in [6.07, 6.45) is 1.13. The average molecular weight is 444 g/mol. The van der Waals surface area contributed by atoms with Crippen molar-refractivity contribution < 1.29 is 9.47 Å². The molecule has 0 aliphatic heterocycles. The van der Waals surface area contributed by atoms with Crippen molar-refractivity contribution in [2.75, 3.05) is 20.7 Å². The van der Waals surface area contributed by atoms with Gasteiger partial charge >= 0.3 is 0 Å². The molecule has 152 valence electrons. The second kappa shape index (κ2) is 9.84. The molecule has 0 spiro atoms. The zero-order chi connectivity index (χ0) is 20.9. The van der Waals surface area contributed by atoms with Gasteiger partial charge in [-0.05, 0) is 61.7 Å². The summed E-state index contributed by atoms with van der Waals surface area (Å²) in [6.45, 7) is 6.97. The van der Waals surface area contributed by atoms with Crippen LogP contribution in [0.2, 0.25) is 0 Å². The SMILES string of the molecule is CCN(C)C=Nc1cc(C)c(Oc2cccc(C(OC)C(Cl)(Cl)Cl)c2)cc1C. The van der Waals surface area contributed by atoms with Crippen molar-refractivity contribution in [1.29, 1.82) is 0 Å². The van der Waals surface area contributed by atoms with Gasteiger partial charge in [0.15, 0.2) is 0 Å². The summed E-state index contributed by atoms with van der Waals surface area (Å²) in [4.78, 5) is 6.56. The van der Waals surface area contributed by atoms with Gasteiger partial charge in [-0.25, -0.2) is 4.99 Å². The van der Waals surface area contributed by atoms with Crippen LogP contribution in [-0.2, 0) is 4.74 Å². The Morgan fingerprint density at radius 2 is 1.86 bits per heavy atom. The quantitative estimate of drug-likeness (QED) is 0.269. The fraction of sp³-hybridized carbons (Fsp3) is 0.381. The molecule has 1 unspecified atom stereocenters. The Bertz CT molecular complexity index is 835. The van der Waals surface area contributed by atoms with E-state index in [0.717, 1.165) is 34.7 Å². The maximum atomic E-state index is 6.09. The molecule has 0 bridgehead atoms. The number of nitrogens with zero attached hydrogens (tertiary/aromatic N) is 2. The number of rotatable bonds is 7. The van der Waals surface area contributed by atoms with Crippen LogP contribution >= 0.6 is 34.8 Å². The fourth-order valence-corrected chi connectivity index (χ4v) is 3.24. The van der Waals surface area contributed by atoms with Gasteiger partial charge in [0.25, 0.3) is 0 Å². The van der Waals surface area contributed by atoms with Crippen LogP contribution in [0, 0.1) is 13.8 Å². The van der Waals surface area contributed by atoms with Crippen LogP contribution in [-0.4, -0.2) is 35.7 Å². The van der Waals surface area contributed by atoms with Crippen LogP contribution in [0.25, 0.3) is 0 Å². The fourth-order valence-electron chi connectivity index (χ4n) is 2.59. The summed E-state index contributed by atoms with van der Waals surface area (Å²) in [5.41, 5.74) is 3.63. The molecule has 4 nitrogen and oxygen atoms in total. The van der Waals surface area contributed by atoms with Gasteiger partial charge in [0.2, 0.25) is 3.79 Å². The minimum atomic E-state index is -1.58. The normalized spacial score (nSPS) is 13.0. The van der Waals surface area contributed by atoms with Crippen molar-refractivity contribution in [2.24, 2.45) is 4.99 Å². The Balaban J connectivity index is 2.28. The molecule has 0 N–H and O–H groups in total. The highest BCUT2D eigenvalue weighted by atomic mass is 35.6. The number of alkyl halides is 3. The van der Waals surface area contributed by atoms with E-state index in [1.54, 1.807) is 0 Å². The minimum Gasteiger partial charge on any atom is -0.457 e. The third-order valence-corrected chi connectivity index (χ3v) is 4.90. The van der Waals surface area contributed by atoms with Gasteiger partial charge < -0.3 is 14.4 Å². The van der Waals surface area contributed by atoms with Crippen molar-refractivity contribution in [3.05, 3.63) is 53.1 Å². The lowest BCUT2D eigenvalue weighted by molar-refractivity contribution is 0.106. The van der Waals surface area contributed by atoms with Crippen LogP contribution in [0.3, 0.4) is 0 Å². The number of hydrogen-bond donors (Lipinski definition) is 0. The van der Waals surface area contributed by atoms with Crippen molar-refractivity contribution >= 4 is 46.8 Å². The second-order valence-corrected chi connectivity index (χ2v) is 8.92. The molecule has 2 aromatic carbocycles. The Kier molecular flexibility index (Phi) is 8.02. The lowest BCUT2D eigenvalue weighted by Gasteiger charge is -2.23. The van der Waals surface area contributed by atoms with E-state index in [4.69, 9.17) is 44.3 Å². The summed E-state index contributed by atoms with van der Waals surface area (Å²) in [5.74, 6) is 1.39. The zero-order valence-corrected chi connectivity index (χ0v) is 18.9. The van der Waals surface area contributed by atoms with Crippen molar-refractivity contribution in [2.45, 2.75) is 30.7 Å². The van der Waals surface area contributed by atoms with Gasteiger partial charge in [0, 0.05) is 20.7 Å². The lowest BCUT2D eigenvalue weighted by atomic mass is 10.1. The standard InChI is InChI=1S/C21H25Cl3N2O2/c1-6-26(4)13-25-18-10-15(3)19(11-14(18)2)28-17-9-7-8-16(12-17)20(27-5)21(22,23)24/h7-13,20H,6H2,1-5H3. The maximum absolute atomic E-state index is 6.09. The smallest absolute Gasteiger partial charge is 0.220 e. The Morgan fingerprint density at radius 3 is 2.46 bits per heavy atom. The first-order valence-corrected chi connectivity index (χ1v) is 10.0. The Labute approximate surface area is 182 Å². The summed E-state index contributed by atoms with van der Waals surface area (Å²) in [6, 6.07) is 11.3. The first-order valence-electron chi connectivity index (χ1n) is 8.88. The van der Waals surface area contributed by atoms with Gasteiger partial charge in [-0.3, -0.25) is 0 Å². The van der Waals surface area contributed by atoms with Gasteiger partial charge in [0.1, 0.15) is 17.6 Å². The van der Waals surface area contributed by atoms with E-state index in [9.17, 15) is 0 Å². The van der Waals surface area contributed by atoms with Gasteiger partial charge in [0.05, 0.1) is 12.0 Å². The molecule has 1 atom stereocenters. The summed E-state index contributed by atoms with van der Waals surface area (Å²) >= 11 is 18.1. The minimum absolute atomic E-state index is 0.637. The topological polar surface area (TPSA) is 34.1 Å². The van der Waals surface area contributed by atoms with Crippen LogP contribution < -0.4 is 4.74 Å². The van der Waals surface area contributed by atoms with E-state index >= 15 is 0 Å². The average Bonchev–Trinajstić information content (AvgIpc) is 2.62. The third kappa shape index (κ3) is 6.02. The predicted octanol–water partition coefficient (Wildman–Crippen LogP) is 6.76. The number of aryl methyl sites for hydroxylation is 2. The molecule has 0 heterocycles. The number of hydrogen-bond acceptors (Lipinski definition) is 3. The number of benzene rings is 2. The molecule has 0 aliphatic carbocycles. The van der Waals surface area contributed by atoms with Crippen LogP contribution in [0.1, 0.15) is 29.7 Å². The number of methoxy groups -OCH3 is 1. The van der Waals surface area contributed by atoms with E-state index in [1.807, 2.05) is 68.5 Å². The Hall–Kier alpha value is -1.46. The van der Waals surface area contributed by atoms with E-state index in [-0.39, 0.29) is 0 Å². The van der Waals surface area contributed by atoms with Gasteiger partial charge in [-0.1, -0.05) is 46.9 Å². The van der Waals surface area contributed by atoms with Crippen LogP contribution in [0.15, 0.2) is 41.4 Å². The van der Waals surface area contributed by atoms with Crippen LogP contribution in [0.5, 0.6) is 11.5 Å². The van der Waals surface area contributed by atoms with Crippen molar-refractivity contribution in [3.63, 3.8) is 0 Å². The summed E-state index contributed by atoms with van der Waals surface area (Å²) in [5, 5.41) is 0. The third-order valence-electron chi connectivity index (χ3n) is 4.31. The van der Waals surface area contributed by atoms with Crippen molar-refractivity contribution in [1.82, 2.24) is 4.90 Å². The lowest BCUT2D eigenvalue weighted by Crippen LogP contribution is -2.18. The first kappa shape index (κ1) is 22.8. The largest absolute Gasteiger partial charge is 0.457 e. The second-order valence-electron chi connectivity index (χ2n) is 6.55. The highest BCUT2D eigenvalue weighted by molar-refractivity contribution is 6.68. The molecule has 0 aliphatic rings. The van der Waals surface area contributed by atoms with Gasteiger partial charge in [-0.15, -0.1) is 0 Å². The molecule has 2 aromatic rings. The number of ether oxygens (including phenoxy) is 2. The molecule has 0 saturated carbocycles. The van der Waals surface area contributed by atoms with Crippen molar-refractivity contribution in [3.8, 4) is 11.5 Å². The highest BCUT2D eigenvalue weighted by Crippen LogP contribution is 2.43. The molecule has 0 radical (unpaired) electrons. The number of aliphatic imine (C=N–C) groups is 1. The predicted molar refractivity (Wildman–Crippen MR) is 119 cm³/mol. The first-order chi connectivity index (χ1) is 13.2. The molecule has 0 fully saturated rings. The van der Waals surface area contributed by atoms with E-state index < -0.39 is 9.90 Å². The monoisotopic (exact) mass is 442 g/mol. The van der Waals surface area contributed by atoms with E-state index in [1.165, 1.54) is 7.11 Å². The highest BCUT2D eigenvalue weighted by Gasteiger charge is 2.34. The zero-order valence-electron chi connectivity index (χ0n) is 16.7. The maximum Gasteiger partial charge on any atom is 0.220 e. The molecule has 2 rings (SSSR count). The summed E-state index contributed by atoms with van der Waals surface area (Å²) < 4.78 is 9.86. The molecule has 0 amide bonds. The van der Waals surface area contributed by atoms with Gasteiger partial charge in [-0.2, -0.15) is 0 Å². The molecule has 0 saturated heterocycles. The Morgan fingerprint density at radius 1 is 1.14 bits per heavy atom.